The van der Waals surface area contributed by atoms with Crippen LogP contribution < -0.4 is 10.9 Å². The van der Waals surface area contributed by atoms with Gasteiger partial charge >= 0.3 is 0 Å². The van der Waals surface area contributed by atoms with E-state index in [4.69, 9.17) is 4.98 Å². The summed E-state index contributed by atoms with van der Waals surface area (Å²) in [5.74, 6) is 0.477. The van der Waals surface area contributed by atoms with Gasteiger partial charge < -0.3 is 5.32 Å². The van der Waals surface area contributed by atoms with E-state index in [2.05, 4.69) is 34.5 Å². The number of hydrogen-bond acceptors (Lipinski definition) is 4. The van der Waals surface area contributed by atoms with Gasteiger partial charge in [-0.15, -0.1) is 0 Å². The minimum atomic E-state index is -0.101. The van der Waals surface area contributed by atoms with Crippen LogP contribution in [0.4, 0.5) is 0 Å². The lowest BCUT2D eigenvalue weighted by Gasteiger charge is -2.29. The predicted molar refractivity (Wildman–Crippen MR) is 138 cm³/mol. The number of carbonyl (C=O) groups excluding carboxylic acids is 1. The molecule has 1 fully saturated rings. The van der Waals surface area contributed by atoms with Crippen LogP contribution in [0.3, 0.4) is 0 Å². The van der Waals surface area contributed by atoms with Crippen molar-refractivity contribution in [1.29, 1.82) is 0 Å². The van der Waals surface area contributed by atoms with Crippen LogP contribution in [0.1, 0.15) is 54.5 Å². The fourth-order valence-electron chi connectivity index (χ4n) is 5.29. The quantitative estimate of drug-likeness (QED) is 0.586. The van der Waals surface area contributed by atoms with Crippen LogP contribution >= 0.6 is 0 Å². The molecular weight excluding hydrogens is 436 g/mol. The maximum atomic E-state index is 13.7. The number of aryl methyl sites for hydroxylation is 1. The van der Waals surface area contributed by atoms with E-state index in [0.29, 0.717) is 18.8 Å². The Labute approximate surface area is 207 Å². The second-order valence-electron chi connectivity index (χ2n) is 9.97. The molecule has 0 unspecified atom stereocenters. The first-order chi connectivity index (χ1) is 17.1. The molecule has 2 aliphatic rings. The molecule has 35 heavy (non-hydrogen) atoms. The predicted octanol–water partition coefficient (Wildman–Crippen LogP) is 4.23. The second-order valence-corrected chi connectivity index (χ2v) is 9.97. The van der Waals surface area contributed by atoms with Crippen molar-refractivity contribution in [3.63, 3.8) is 0 Å². The van der Waals surface area contributed by atoms with Crippen molar-refractivity contribution in [2.24, 2.45) is 0 Å². The SMILES string of the molecule is Cc1ccc(-c2nc3c(c(=O)n2CC(=O)NC2CCCCC2)CCN(Cc2ccccc2)C3)cc1. The van der Waals surface area contributed by atoms with E-state index in [9.17, 15) is 9.59 Å². The van der Waals surface area contributed by atoms with Gasteiger partial charge in [-0.2, -0.15) is 0 Å². The van der Waals surface area contributed by atoms with Crippen molar-refractivity contribution >= 4 is 5.91 Å². The van der Waals surface area contributed by atoms with Crippen molar-refractivity contribution in [2.75, 3.05) is 6.54 Å². The molecule has 5 rings (SSSR count). The molecule has 0 atom stereocenters. The first kappa shape index (κ1) is 23.5. The lowest BCUT2D eigenvalue weighted by Crippen LogP contribution is -2.42. The smallest absolute Gasteiger partial charge is 0.257 e. The topological polar surface area (TPSA) is 67.2 Å². The lowest BCUT2D eigenvalue weighted by atomic mass is 9.95. The molecule has 0 bridgehead atoms. The Kier molecular flexibility index (Phi) is 7.09. The van der Waals surface area contributed by atoms with Crippen LogP contribution in [0.25, 0.3) is 11.4 Å². The summed E-state index contributed by atoms with van der Waals surface area (Å²) < 4.78 is 1.59. The molecule has 0 radical (unpaired) electrons. The number of hydrogen-bond donors (Lipinski definition) is 1. The van der Waals surface area contributed by atoms with Crippen molar-refractivity contribution in [3.8, 4) is 11.4 Å². The Hall–Kier alpha value is -3.25. The number of fused-ring (bicyclic) bond motifs is 1. The number of nitrogens with zero attached hydrogens (tertiary/aromatic N) is 3. The summed E-state index contributed by atoms with van der Waals surface area (Å²) in [5.41, 5.74) is 4.75. The van der Waals surface area contributed by atoms with Gasteiger partial charge in [0.15, 0.2) is 0 Å². The number of benzene rings is 2. The summed E-state index contributed by atoms with van der Waals surface area (Å²) in [4.78, 5) is 34.0. The Morgan fingerprint density at radius 3 is 2.51 bits per heavy atom. The molecule has 3 aromatic rings. The van der Waals surface area contributed by atoms with Crippen molar-refractivity contribution < 1.29 is 4.79 Å². The van der Waals surface area contributed by atoms with E-state index >= 15 is 0 Å². The average molecular weight is 471 g/mol. The van der Waals surface area contributed by atoms with E-state index in [0.717, 1.165) is 61.2 Å². The molecule has 2 aromatic carbocycles. The molecule has 0 spiro atoms. The zero-order valence-electron chi connectivity index (χ0n) is 20.5. The van der Waals surface area contributed by atoms with Gasteiger partial charge in [-0.05, 0) is 31.7 Å². The first-order valence-corrected chi connectivity index (χ1v) is 12.8. The summed E-state index contributed by atoms with van der Waals surface area (Å²) in [6.07, 6.45) is 6.22. The standard InChI is InChI=1S/C29H34N4O2/c1-21-12-14-23(15-13-21)28-31-26-19-32(18-22-8-4-2-5-9-22)17-16-25(26)29(35)33(28)20-27(34)30-24-10-6-3-7-11-24/h2,4-5,8-9,12-15,24H,3,6-7,10-11,16-20H2,1H3,(H,30,34). The lowest BCUT2D eigenvalue weighted by molar-refractivity contribution is -0.122. The molecule has 1 aliphatic heterocycles. The van der Waals surface area contributed by atoms with E-state index in [-0.39, 0.29) is 24.1 Å². The average Bonchev–Trinajstić information content (AvgIpc) is 2.87. The Balaban J connectivity index is 1.45. The molecule has 182 valence electrons. The van der Waals surface area contributed by atoms with Crippen molar-refractivity contribution in [3.05, 3.63) is 87.3 Å². The summed E-state index contributed by atoms with van der Waals surface area (Å²) in [6, 6.07) is 18.6. The molecular formula is C29H34N4O2. The van der Waals surface area contributed by atoms with Crippen LogP contribution in [0.5, 0.6) is 0 Å². The molecule has 1 aromatic heterocycles. The normalized spacial score (nSPS) is 16.6. The maximum absolute atomic E-state index is 13.7. The largest absolute Gasteiger partial charge is 0.352 e. The Morgan fingerprint density at radius 1 is 1.03 bits per heavy atom. The third kappa shape index (κ3) is 5.54. The van der Waals surface area contributed by atoms with E-state index in [1.165, 1.54) is 12.0 Å². The third-order valence-corrected chi connectivity index (χ3v) is 7.23. The molecule has 2 heterocycles. The van der Waals surface area contributed by atoms with Gasteiger partial charge in [0.1, 0.15) is 12.4 Å². The van der Waals surface area contributed by atoms with Gasteiger partial charge in [0.25, 0.3) is 5.56 Å². The van der Waals surface area contributed by atoms with Crippen LogP contribution in [-0.2, 0) is 30.8 Å². The van der Waals surface area contributed by atoms with Crippen LogP contribution in [-0.4, -0.2) is 32.9 Å². The minimum absolute atomic E-state index is 0.00650. The molecule has 1 saturated carbocycles. The fourth-order valence-corrected chi connectivity index (χ4v) is 5.29. The van der Waals surface area contributed by atoms with Gasteiger partial charge in [-0.3, -0.25) is 19.1 Å². The van der Waals surface area contributed by atoms with E-state index in [1.807, 2.05) is 37.3 Å². The summed E-state index contributed by atoms with van der Waals surface area (Å²) in [7, 11) is 0. The Morgan fingerprint density at radius 2 is 1.77 bits per heavy atom. The summed E-state index contributed by atoms with van der Waals surface area (Å²) >= 11 is 0. The van der Waals surface area contributed by atoms with E-state index < -0.39 is 0 Å². The number of aromatic nitrogens is 2. The number of amides is 1. The number of rotatable bonds is 6. The third-order valence-electron chi connectivity index (χ3n) is 7.23. The second kappa shape index (κ2) is 10.6. The minimum Gasteiger partial charge on any atom is -0.352 e. The van der Waals surface area contributed by atoms with Crippen LogP contribution in [0.2, 0.25) is 0 Å². The fraction of sp³-hybridized carbons (Fsp3) is 0.414. The van der Waals surface area contributed by atoms with Crippen LogP contribution in [0, 0.1) is 6.92 Å². The molecule has 6 heteroatoms. The van der Waals surface area contributed by atoms with Gasteiger partial charge in [-0.1, -0.05) is 79.4 Å². The number of nitrogens with one attached hydrogen (secondary N) is 1. The summed E-state index contributed by atoms with van der Waals surface area (Å²) in [5, 5.41) is 3.16. The highest BCUT2D eigenvalue weighted by Crippen LogP contribution is 2.23. The maximum Gasteiger partial charge on any atom is 0.257 e. The molecule has 1 N–H and O–H groups in total. The molecule has 1 aliphatic carbocycles. The first-order valence-electron chi connectivity index (χ1n) is 12.8. The van der Waals surface area contributed by atoms with Gasteiger partial charge in [0.2, 0.25) is 5.91 Å². The highest BCUT2D eigenvalue weighted by molar-refractivity contribution is 5.77. The number of carbonyl (C=O) groups is 1. The van der Waals surface area contributed by atoms with Gasteiger partial charge in [0, 0.05) is 36.8 Å². The highest BCUT2D eigenvalue weighted by atomic mass is 16.2. The van der Waals surface area contributed by atoms with Gasteiger partial charge in [0.05, 0.1) is 5.69 Å². The Bertz CT molecular complexity index is 1230. The van der Waals surface area contributed by atoms with E-state index in [1.54, 1.807) is 4.57 Å². The zero-order chi connectivity index (χ0) is 24.2. The van der Waals surface area contributed by atoms with Crippen LogP contribution in [0.15, 0.2) is 59.4 Å². The van der Waals surface area contributed by atoms with Gasteiger partial charge in [-0.25, -0.2) is 4.98 Å². The highest BCUT2D eigenvalue weighted by Gasteiger charge is 2.25. The van der Waals surface area contributed by atoms with Crippen molar-refractivity contribution in [2.45, 2.75) is 71.1 Å². The summed E-state index contributed by atoms with van der Waals surface area (Å²) in [6.45, 7) is 4.31. The monoisotopic (exact) mass is 470 g/mol. The molecule has 6 nitrogen and oxygen atoms in total. The zero-order valence-corrected chi connectivity index (χ0v) is 20.5. The van der Waals surface area contributed by atoms with Crippen molar-refractivity contribution in [1.82, 2.24) is 19.8 Å². The molecule has 0 saturated heterocycles. The molecule has 1 amide bonds.